The number of likely N-dealkylation sites (N-methyl/N-ethyl adjacent to an activating group) is 2. The summed E-state index contributed by atoms with van der Waals surface area (Å²) in [7, 11) is 7.10. The highest BCUT2D eigenvalue weighted by molar-refractivity contribution is 5.76. The van der Waals surface area contributed by atoms with E-state index < -0.39 is 108 Å². The maximum atomic E-state index is 14.4. The molecule has 0 saturated carbocycles. The van der Waals surface area contributed by atoms with Gasteiger partial charge in [-0.2, -0.15) is 0 Å². The highest BCUT2D eigenvalue weighted by Crippen LogP contribution is 2.40. The van der Waals surface area contributed by atoms with Crippen LogP contribution >= 0.6 is 0 Å². The number of cyclic esters (lactones) is 1. The van der Waals surface area contributed by atoms with Crippen LogP contribution in [0.1, 0.15) is 109 Å². The van der Waals surface area contributed by atoms with Gasteiger partial charge in [-0.25, -0.2) is 0 Å². The van der Waals surface area contributed by atoms with Crippen LogP contribution in [0.25, 0.3) is 0 Å². The molecule has 3 saturated heterocycles. The number of aliphatic hydroxyl groups is 4. The molecule has 3 rings (SSSR count). The number of nitrogens with two attached hydrogens (primary N) is 1. The minimum atomic E-state index is -1.83. The Morgan fingerprint density at radius 2 is 1.59 bits per heavy atom. The topological polar surface area (TPSA) is 212 Å². The number of hydrogen-bond donors (Lipinski definition) is 5. The van der Waals surface area contributed by atoms with Crippen molar-refractivity contribution < 1.29 is 63.2 Å². The first-order valence-corrected chi connectivity index (χ1v) is 21.6. The van der Waals surface area contributed by atoms with Crippen molar-refractivity contribution in [3.8, 4) is 0 Å². The summed E-state index contributed by atoms with van der Waals surface area (Å²) in [5, 5.41) is 47.2. The zero-order chi connectivity index (χ0) is 45.1. The highest BCUT2D eigenvalue weighted by atomic mass is 16.7. The van der Waals surface area contributed by atoms with Gasteiger partial charge in [-0.3, -0.25) is 9.59 Å². The van der Waals surface area contributed by atoms with Crippen LogP contribution < -0.4 is 5.73 Å². The molecular formula is C43H81N3O13. The zero-order valence-electron chi connectivity index (χ0n) is 38.8. The third-order valence-corrected chi connectivity index (χ3v) is 13.4. The van der Waals surface area contributed by atoms with E-state index in [0.717, 1.165) is 0 Å². The average Bonchev–Trinajstić information content (AvgIpc) is 3.15. The summed E-state index contributed by atoms with van der Waals surface area (Å²) in [6.45, 7) is 21.6. The van der Waals surface area contributed by atoms with E-state index in [1.165, 1.54) is 14.0 Å². The molecule has 0 bridgehead atoms. The van der Waals surface area contributed by atoms with Crippen molar-refractivity contribution in [2.45, 2.75) is 205 Å². The number of rotatable bonds is 10. The summed E-state index contributed by atoms with van der Waals surface area (Å²) in [6.07, 6.45) is -8.74. The molecule has 3 aliphatic heterocycles. The summed E-state index contributed by atoms with van der Waals surface area (Å²) >= 11 is 0. The minimum absolute atomic E-state index is 0.101. The monoisotopic (exact) mass is 848 g/mol. The summed E-state index contributed by atoms with van der Waals surface area (Å²) in [5.74, 6) is -3.59. The fourth-order valence-corrected chi connectivity index (χ4v) is 9.33. The van der Waals surface area contributed by atoms with Gasteiger partial charge in [-0.05, 0) is 101 Å². The van der Waals surface area contributed by atoms with Gasteiger partial charge in [0.25, 0.3) is 0 Å². The van der Waals surface area contributed by atoms with Crippen LogP contribution in [0, 0.1) is 23.7 Å². The second-order valence-electron chi connectivity index (χ2n) is 19.3. The van der Waals surface area contributed by atoms with Crippen LogP contribution in [0.4, 0.5) is 0 Å². The molecule has 0 aromatic carbocycles. The van der Waals surface area contributed by atoms with Gasteiger partial charge in [0.05, 0.1) is 47.6 Å². The Morgan fingerprint density at radius 1 is 0.983 bits per heavy atom. The first-order valence-electron chi connectivity index (χ1n) is 21.6. The number of carbonyl (C=O) groups is 2. The summed E-state index contributed by atoms with van der Waals surface area (Å²) < 4.78 is 44.5. The molecule has 0 radical (unpaired) electrons. The third-order valence-electron chi connectivity index (χ3n) is 13.4. The Bertz CT molecular complexity index is 1350. The molecule has 0 aromatic heterocycles. The van der Waals surface area contributed by atoms with Gasteiger partial charge in [-0.1, -0.05) is 34.6 Å². The van der Waals surface area contributed by atoms with E-state index in [2.05, 4.69) is 0 Å². The van der Waals surface area contributed by atoms with Gasteiger partial charge in [0, 0.05) is 32.0 Å². The Labute approximate surface area is 353 Å². The number of esters is 2. The van der Waals surface area contributed by atoms with Crippen LogP contribution in [-0.2, 0) is 42.7 Å². The molecule has 59 heavy (non-hydrogen) atoms. The van der Waals surface area contributed by atoms with Crippen molar-refractivity contribution in [2.24, 2.45) is 29.4 Å². The van der Waals surface area contributed by atoms with Gasteiger partial charge in [0.1, 0.15) is 30.0 Å². The smallest absolute Gasteiger partial charge is 0.323 e. The van der Waals surface area contributed by atoms with Crippen LogP contribution in [-0.4, -0.2) is 173 Å². The fourth-order valence-electron chi connectivity index (χ4n) is 9.33. The number of carbonyl (C=O) groups excluding carboxylic acids is 2. The molecule has 0 amide bonds. The van der Waals surface area contributed by atoms with Crippen molar-refractivity contribution in [1.82, 2.24) is 9.80 Å². The van der Waals surface area contributed by atoms with E-state index >= 15 is 0 Å². The van der Waals surface area contributed by atoms with E-state index in [1.807, 2.05) is 65.6 Å². The number of methoxy groups -OCH3 is 1. The summed E-state index contributed by atoms with van der Waals surface area (Å²) in [4.78, 5) is 31.8. The molecule has 16 heteroatoms. The van der Waals surface area contributed by atoms with Crippen molar-refractivity contribution in [3.63, 3.8) is 0 Å². The number of ether oxygens (including phenoxy) is 7. The first-order chi connectivity index (χ1) is 27.1. The lowest BCUT2D eigenvalue weighted by molar-refractivity contribution is -0.319. The van der Waals surface area contributed by atoms with Gasteiger partial charge >= 0.3 is 11.9 Å². The molecule has 0 spiro atoms. The van der Waals surface area contributed by atoms with Crippen LogP contribution in [0.3, 0.4) is 0 Å². The van der Waals surface area contributed by atoms with Crippen LogP contribution in [0.15, 0.2) is 0 Å². The third kappa shape index (κ3) is 12.1. The van der Waals surface area contributed by atoms with E-state index in [-0.39, 0.29) is 43.2 Å². The maximum Gasteiger partial charge on any atom is 0.323 e. The number of hydrogen-bond acceptors (Lipinski definition) is 16. The molecule has 3 heterocycles. The molecule has 3 fully saturated rings. The largest absolute Gasteiger partial charge is 0.459 e. The molecule has 6 N–H and O–H groups in total. The predicted molar refractivity (Wildman–Crippen MR) is 221 cm³/mol. The lowest BCUT2D eigenvalue weighted by Gasteiger charge is -2.49. The Morgan fingerprint density at radius 3 is 2.14 bits per heavy atom. The van der Waals surface area contributed by atoms with Crippen LogP contribution in [0.2, 0.25) is 0 Å². The van der Waals surface area contributed by atoms with Gasteiger partial charge in [0.15, 0.2) is 18.7 Å². The normalized spacial score (nSPS) is 45.7. The zero-order valence-corrected chi connectivity index (χ0v) is 38.8. The summed E-state index contributed by atoms with van der Waals surface area (Å²) in [5.41, 5.74) is 1.75. The van der Waals surface area contributed by atoms with E-state index in [9.17, 15) is 30.0 Å². The highest BCUT2D eigenvalue weighted by Gasteiger charge is 2.53. The number of aliphatic hydroxyl groups excluding tert-OH is 2. The Hall–Kier alpha value is -1.54. The quantitative estimate of drug-likeness (QED) is 0.200. The Kier molecular flexibility index (Phi) is 18.2. The van der Waals surface area contributed by atoms with Crippen molar-refractivity contribution >= 4 is 11.9 Å². The Balaban J connectivity index is 2.25. The van der Waals surface area contributed by atoms with E-state index in [1.54, 1.807) is 41.5 Å². The fraction of sp³-hybridized carbons (Fsp3) is 0.953. The lowest BCUT2D eigenvalue weighted by atomic mass is 9.77. The standard InChI is InChI=1S/C43H81N3O13/c1-17-30-43(12,52)35(47)27(8)46(15)21-23(4)19-41(10,51)37(59-40-34(58-39(50)32(44)22(2)3)29(45(13)14)18-24(5)54-40)25(6)33(26(7)38(49)56-30)57-31-20-42(11,53-16)36(48)28(9)55-31/h22-37,40,47-48,51-52H,17-21,44H2,1-16H3/t23-,24-,25+,26-,27-,28+,29?,30-,31+,32?,33+,34-,35-,36+,37-,40+,41-,42-,43-/m1/s1. The second-order valence-corrected chi connectivity index (χ2v) is 19.3. The van der Waals surface area contributed by atoms with Gasteiger partial charge in [-0.15, -0.1) is 0 Å². The molecule has 0 aromatic rings. The van der Waals surface area contributed by atoms with Gasteiger partial charge < -0.3 is 69.1 Å². The van der Waals surface area contributed by atoms with E-state index in [4.69, 9.17) is 38.9 Å². The molecule has 16 nitrogen and oxygen atoms in total. The first kappa shape index (κ1) is 51.8. The van der Waals surface area contributed by atoms with Crippen molar-refractivity contribution in [3.05, 3.63) is 0 Å². The van der Waals surface area contributed by atoms with Crippen LogP contribution in [0.5, 0.6) is 0 Å². The van der Waals surface area contributed by atoms with Crippen molar-refractivity contribution in [1.29, 1.82) is 0 Å². The minimum Gasteiger partial charge on any atom is -0.459 e. The molecule has 19 atom stereocenters. The molecule has 3 aliphatic rings. The molecule has 2 unspecified atom stereocenters. The lowest BCUT2D eigenvalue weighted by Crippen LogP contribution is -2.61. The molecule has 0 aliphatic carbocycles. The molecule has 346 valence electrons. The molecular weight excluding hydrogens is 766 g/mol. The average molecular weight is 848 g/mol. The second kappa shape index (κ2) is 20.8. The SMILES string of the molecule is CC[C@H]1OC(=O)[C@H](C)[C@@H](O[C@H]2C[C@@](C)(OC)[C@@H](O)[C@H](C)O2)[C@H](C)[C@@H](O[C@@H]2O[C@H](C)CC(N(C)C)[C@H]2OC(=O)C(N)C(C)C)[C@](C)(O)C[C@@H](C)CN(C)[C@H](C)[C@@H](O)[C@]1(C)O. The predicted octanol–water partition coefficient (Wildman–Crippen LogP) is 2.43. The van der Waals surface area contributed by atoms with Gasteiger partial charge in [0.2, 0.25) is 0 Å². The number of nitrogens with zero attached hydrogens (tertiary/aromatic N) is 2. The maximum absolute atomic E-state index is 14.4. The summed E-state index contributed by atoms with van der Waals surface area (Å²) in [6, 6.07) is -1.81. The van der Waals surface area contributed by atoms with E-state index in [0.29, 0.717) is 13.0 Å². The van der Waals surface area contributed by atoms with Crippen molar-refractivity contribution in [2.75, 3.05) is 34.8 Å².